The van der Waals surface area contributed by atoms with Gasteiger partial charge in [-0.25, -0.2) is 4.79 Å². The molecule has 204 valence electrons. The third-order valence-electron chi connectivity index (χ3n) is 5.45. The number of hydrogen-bond donors (Lipinski definition) is 7. The number of nitrogens with one attached hydrogen (secondary N) is 3. The average Bonchev–Trinajstić information content (AvgIpc) is 2.80. The fourth-order valence-electron chi connectivity index (χ4n) is 3.42. The van der Waals surface area contributed by atoms with Crippen molar-refractivity contribution in [3.63, 3.8) is 0 Å². The third-order valence-corrected chi connectivity index (χ3v) is 6.10. The van der Waals surface area contributed by atoms with E-state index in [9.17, 15) is 24.3 Å². The molecule has 0 aromatic heterocycles. The van der Waals surface area contributed by atoms with Gasteiger partial charge in [-0.15, -0.1) is 0 Å². The fraction of sp³-hybridized carbons (Fsp3) is 0.826. The van der Waals surface area contributed by atoms with E-state index in [1.54, 1.807) is 0 Å². The summed E-state index contributed by atoms with van der Waals surface area (Å²) in [6.07, 6.45) is 5.98. The maximum Gasteiger partial charge on any atom is 0.326 e. The Morgan fingerprint density at radius 1 is 0.771 bits per heavy atom. The van der Waals surface area contributed by atoms with Gasteiger partial charge in [0.15, 0.2) is 0 Å². The van der Waals surface area contributed by atoms with Crippen LogP contribution in [0.4, 0.5) is 0 Å². The van der Waals surface area contributed by atoms with Gasteiger partial charge >= 0.3 is 5.97 Å². The molecule has 35 heavy (non-hydrogen) atoms. The number of carboxylic acids is 1. The van der Waals surface area contributed by atoms with Crippen LogP contribution in [0.1, 0.15) is 65.2 Å². The SMILES string of the molecule is CSCCC(NC(=O)C(CCCCN)NC(=O)C(N)CCCCN)C(=O)NC(CC(C)C)C(=O)O. The van der Waals surface area contributed by atoms with Crippen LogP contribution in [-0.4, -0.2) is 78.1 Å². The predicted molar refractivity (Wildman–Crippen MR) is 140 cm³/mol. The van der Waals surface area contributed by atoms with Crippen molar-refractivity contribution in [3.8, 4) is 0 Å². The summed E-state index contributed by atoms with van der Waals surface area (Å²) in [6.45, 7) is 4.69. The van der Waals surface area contributed by atoms with E-state index in [2.05, 4.69) is 16.0 Å². The molecule has 0 saturated heterocycles. The van der Waals surface area contributed by atoms with Crippen LogP contribution in [0.5, 0.6) is 0 Å². The third kappa shape index (κ3) is 15.0. The topological polar surface area (TPSA) is 203 Å². The predicted octanol–water partition coefficient (Wildman–Crippen LogP) is -0.0901. The molecule has 4 atom stereocenters. The molecular weight excluding hydrogens is 472 g/mol. The Morgan fingerprint density at radius 2 is 1.26 bits per heavy atom. The molecule has 0 bridgehead atoms. The van der Waals surface area contributed by atoms with E-state index in [1.807, 2.05) is 20.1 Å². The van der Waals surface area contributed by atoms with E-state index in [4.69, 9.17) is 17.2 Å². The van der Waals surface area contributed by atoms with E-state index < -0.39 is 47.9 Å². The number of carboxylic acid groups (broad SMARTS) is 1. The van der Waals surface area contributed by atoms with Crippen LogP contribution >= 0.6 is 11.8 Å². The number of amides is 3. The molecule has 0 saturated carbocycles. The molecule has 12 heteroatoms. The summed E-state index contributed by atoms with van der Waals surface area (Å²) in [7, 11) is 0. The van der Waals surface area contributed by atoms with E-state index in [0.717, 1.165) is 6.42 Å². The van der Waals surface area contributed by atoms with Crippen molar-refractivity contribution in [2.24, 2.45) is 23.1 Å². The van der Waals surface area contributed by atoms with Gasteiger partial charge in [0.05, 0.1) is 6.04 Å². The van der Waals surface area contributed by atoms with Crippen LogP contribution < -0.4 is 33.2 Å². The van der Waals surface area contributed by atoms with Crippen LogP contribution in [0, 0.1) is 5.92 Å². The van der Waals surface area contributed by atoms with Gasteiger partial charge in [-0.05, 0) is 76.0 Å². The number of rotatable bonds is 20. The number of hydrogen-bond acceptors (Lipinski definition) is 8. The summed E-state index contributed by atoms with van der Waals surface area (Å²) in [4.78, 5) is 50.2. The molecule has 0 rings (SSSR count). The first-order valence-corrected chi connectivity index (χ1v) is 13.7. The summed E-state index contributed by atoms with van der Waals surface area (Å²) in [6, 6.07) is -3.64. The summed E-state index contributed by atoms with van der Waals surface area (Å²) >= 11 is 1.50. The van der Waals surface area contributed by atoms with Crippen molar-refractivity contribution in [2.45, 2.75) is 89.4 Å². The highest BCUT2D eigenvalue weighted by atomic mass is 32.2. The quantitative estimate of drug-likeness (QED) is 0.107. The number of carbonyl (C=O) groups excluding carboxylic acids is 3. The van der Waals surface area contributed by atoms with E-state index >= 15 is 0 Å². The van der Waals surface area contributed by atoms with Crippen molar-refractivity contribution < 1.29 is 24.3 Å². The Balaban J connectivity index is 5.40. The minimum Gasteiger partial charge on any atom is -0.480 e. The molecule has 0 aromatic carbocycles. The number of aliphatic carboxylic acids is 1. The summed E-state index contributed by atoms with van der Waals surface area (Å²) < 4.78 is 0. The monoisotopic (exact) mass is 518 g/mol. The smallest absolute Gasteiger partial charge is 0.326 e. The largest absolute Gasteiger partial charge is 0.480 e. The van der Waals surface area contributed by atoms with Crippen molar-refractivity contribution in [1.82, 2.24) is 16.0 Å². The Labute approximate surface area is 213 Å². The molecule has 4 unspecified atom stereocenters. The molecule has 11 nitrogen and oxygen atoms in total. The van der Waals surface area contributed by atoms with Crippen molar-refractivity contribution in [2.75, 3.05) is 25.1 Å². The first kappa shape index (κ1) is 33.1. The minimum absolute atomic E-state index is 0.0619. The Kier molecular flexibility index (Phi) is 18.3. The second kappa shape index (κ2) is 19.3. The van der Waals surface area contributed by atoms with Gasteiger partial charge in [-0.1, -0.05) is 20.3 Å². The molecule has 0 aliphatic heterocycles. The zero-order chi connectivity index (χ0) is 26.8. The second-order valence-corrected chi connectivity index (χ2v) is 10.1. The first-order valence-electron chi connectivity index (χ1n) is 12.4. The zero-order valence-corrected chi connectivity index (χ0v) is 22.2. The highest BCUT2D eigenvalue weighted by molar-refractivity contribution is 7.98. The van der Waals surface area contributed by atoms with Crippen LogP contribution in [0.3, 0.4) is 0 Å². The standard InChI is InChI=1S/C23H46N6O5S/c1-15(2)14-19(23(33)34)29-22(32)18(10-13-35-3)28-21(31)17(9-5-7-12-25)27-20(30)16(26)8-4-6-11-24/h15-19H,4-14,24-26H2,1-3H3,(H,27,30)(H,28,31)(H,29,32)(H,33,34). The van der Waals surface area contributed by atoms with Crippen LogP contribution in [0.2, 0.25) is 0 Å². The molecule has 0 aliphatic carbocycles. The lowest BCUT2D eigenvalue weighted by atomic mass is 10.0. The van der Waals surface area contributed by atoms with Crippen LogP contribution in [-0.2, 0) is 19.2 Å². The first-order chi connectivity index (χ1) is 16.6. The van der Waals surface area contributed by atoms with Gasteiger partial charge in [0.1, 0.15) is 18.1 Å². The highest BCUT2D eigenvalue weighted by Crippen LogP contribution is 2.09. The van der Waals surface area contributed by atoms with Crippen molar-refractivity contribution in [3.05, 3.63) is 0 Å². The molecule has 0 fully saturated rings. The Morgan fingerprint density at radius 3 is 1.74 bits per heavy atom. The molecular formula is C23H46N6O5S. The lowest BCUT2D eigenvalue weighted by Crippen LogP contribution is -2.57. The lowest BCUT2D eigenvalue weighted by molar-refractivity contribution is -0.142. The molecule has 0 aromatic rings. The minimum atomic E-state index is -1.13. The second-order valence-electron chi connectivity index (χ2n) is 9.11. The summed E-state index contributed by atoms with van der Waals surface area (Å²) in [5.41, 5.74) is 17.0. The van der Waals surface area contributed by atoms with Crippen molar-refractivity contribution >= 4 is 35.5 Å². The van der Waals surface area contributed by atoms with Gasteiger partial charge in [0.2, 0.25) is 17.7 Å². The van der Waals surface area contributed by atoms with Gasteiger partial charge < -0.3 is 38.3 Å². The molecule has 3 amide bonds. The van der Waals surface area contributed by atoms with Crippen LogP contribution in [0.25, 0.3) is 0 Å². The van der Waals surface area contributed by atoms with E-state index in [0.29, 0.717) is 57.4 Å². The van der Waals surface area contributed by atoms with Crippen molar-refractivity contribution in [1.29, 1.82) is 0 Å². The normalized spacial score (nSPS) is 14.6. The van der Waals surface area contributed by atoms with Crippen LogP contribution in [0.15, 0.2) is 0 Å². The summed E-state index contributed by atoms with van der Waals surface area (Å²) in [5.74, 6) is -2.00. The Bertz CT molecular complexity index is 652. The summed E-state index contributed by atoms with van der Waals surface area (Å²) in [5, 5.41) is 17.4. The van der Waals surface area contributed by atoms with Gasteiger partial charge in [-0.2, -0.15) is 11.8 Å². The molecule has 0 heterocycles. The van der Waals surface area contributed by atoms with E-state index in [-0.39, 0.29) is 12.3 Å². The Hall–Kier alpha value is -1.89. The number of nitrogens with two attached hydrogens (primary N) is 3. The average molecular weight is 519 g/mol. The number of thioether (sulfide) groups is 1. The molecule has 10 N–H and O–H groups in total. The highest BCUT2D eigenvalue weighted by Gasteiger charge is 2.30. The maximum absolute atomic E-state index is 13.1. The lowest BCUT2D eigenvalue weighted by Gasteiger charge is -2.25. The van der Waals surface area contributed by atoms with Gasteiger partial charge in [0, 0.05) is 0 Å². The fourth-order valence-corrected chi connectivity index (χ4v) is 3.89. The van der Waals surface area contributed by atoms with Gasteiger partial charge in [-0.3, -0.25) is 14.4 Å². The zero-order valence-electron chi connectivity index (χ0n) is 21.4. The number of unbranched alkanes of at least 4 members (excludes halogenated alkanes) is 2. The maximum atomic E-state index is 13.1. The molecule has 0 radical (unpaired) electrons. The molecule has 0 spiro atoms. The number of carbonyl (C=O) groups is 4. The van der Waals surface area contributed by atoms with Gasteiger partial charge in [0.25, 0.3) is 0 Å². The molecule has 0 aliphatic rings. The van der Waals surface area contributed by atoms with E-state index in [1.165, 1.54) is 11.8 Å².